The number of hydrogen-bond acceptors (Lipinski definition) is 5. The van der Waals surface area contributed by atoms with Crippen LogP contribution in [0.15, 0.2) is 71.5 Å². The van der Waals surface area contributed by atoms with E-state index in [1.165, 1.54) is 17.7 Å². The Morgan fingerprint density at radius 2 is 1.90 bits per heavy atom. The molecule has 1 fully saturated rings. The van der Waals surface area contributed by atoms with Crippen molar-refractivity contribution in [1.82, 2.24) is 24.8 Å². The van der Waals surface area contributed by atoms with Crippen molar-refractivity contribution >= 4 is 0 Å². The molecule has 6 nitrogen and oxygen atoms in total. The third-order valence-corrected chi connectivity index (χ3v) is 5.51. The van der Waals surface area contributed by atoms with E-state index in [0.29, 0.717) is 11.7 Å². The molecule has 0 bridgehead atoms. The summed E-state index contributed by atoms with van der Waals surface area (Å²) in [5, 5.41) is 8.37. The van der Waals surface area contributed by atoms with Gasteiger partial charge in [-0.1, -0.05) is 17.3 Å². The van der Waals surface area contributed by atoms with Crippen LogP contribution < -0.4 is 0 Å². The molecule has 1 aliphatic heterocycles. The van der Waals surface area contributed by atoms with Crippen LogP contribution in [0.3, 0.4) is 0 Å². The van der Waals surface area contributed by atoms with Gasteiger partial charge in [0.05, 0.1) is 11.6 Å². The highest BCUT2D eigenvalue weighted by molar-refractivity contribution is 5.53. The number of halogens is 1. The van der Waals surface area contributed by atoms with Crippen LogP contribution in [0.2, 0.25) is 0 Å². The molecule has 0 amide bonds. The van der Waals surface area contributed by atoms with E-state index in [1.807, 2.05) is 16.9 Å². The molecular weight excluding hydrogens is 381 g/mol. The molecule has 3 heterocycles. The summed E-state index contributed by atoms with van der Waals surface area (Å²) in [6, 6.07) is 16.6. The molecule has 0 saturated carbocycles. The molecule has 0 N–H and O–H groups in total. The molecule has 7 heteroatoms. The molecule has 1 unspecified atom stereocenters. The first-order valence-corrected chi connectivity index (χ1v) is 10.2. The first-order chi connectivity index (χ1) is 14.7. The smallest absolute Gasteiger partial charge is 0.231 e. The van der Waals surface area contributed by atoms with Gasteiger partial charge in [0.1, 0.15) is 5.82 Å². The second kappa shape index (κ2) is 8.20. The quantitative estimate of drug-likeness (QED) is 0.493. The van der Waals surface area contributed by atoms with Crippen LogP contribution in [0.25, 0.3) is 17.1 Å². The van der Waals surface area contributed by atoms with Crippen molar-refractivity contribution in [3.05, 3.63) is 84.3 Å². The van der Waals surface area contributed by atoms with Crippen LogP contribution >= 0.6 is 0 Å². The predicted molar refractivity (Wildman–Crippen MR) is 111 cm³/mol. The molecule has 30 heavy (non-hydrogen) atoms. The summed E-state index contributed by atoms with van der Waals surface area (Å²) in [7, 11) is 0. The zero-order valence-corrected chi connectivity index (χ0v) is 16.5. The minimum Gasteiger partial charge on any atom is -0.339 e. The van der Waals surface area contributed by atoms with Crippen LogP contribution in [0, 0.1) is 5.82 Å². The maximum Gasteiger partial charge on any atom is 0.231 e. The van der Waals surface area contributed by atoms with Gasteiger partial charge in [0.15, 0.2) is 0 Å². The number of piperidine rings is 1. The summed E-state index contributed by atoms with van der Waals surface area (Å²) >= 11 is 0. The van der Waals surface area contributed by atoms with Gasteiger partial charge in [-0.25, -0.2) is 9.07 Å². The molecule has 1 aliphatic rings. The summed E-state index contributed by atoms with van der Waals surface area (Å²) in [6.45, 7) is 2.82. The largest absolute Gasteiger partial charge is 0.339 e. The molecule has 2 aromatic carbocycles. The average Bonchev–Trinajstić information content (AvgIpc) is 3.48. The maximum absolute atomic E-state index is 13.1. The van der Waals surface area contributed by atoms with E-state index >= 15 is 0 Å². The van der Waals surface area contributed by atoms with Gasteiger partial charge in [-0.15, -0.1) is 0 Å². The predicted octanol–water partition coefficient (Wildman–Crippen LogP) is 4.44. The van der Waals surface area contributed by atoms with Crippen LogP contribution in [-0.4, -0.2) is 37.9 Å². The molecule has 1 saturated heterocycles. The van der Waals surface area contributed by atoms with Crippen molar-refractivity contribution in [3.63, 3.8) is 0 Å². The lowest BCUT2D eigenvalue weighted by Gasteiger charge is -2.31. The lowest BCUT2D eigenvalue weighted by atomic mass is 9.97. The Morgan fingerprint density at radius 1 is 1.07 bits per heavy atom. The van der Waals surface area contributed by atoms with Gasteiger partial charge in [0.25, 0.3) is 0 Å². The minimum absolute atomic E-state index is 0.212. The highest BCUT2D eigenvalue weighted by Crippen LogP contribution is 2.28. The second-order valence-corrected chi connectivity index (χ2v) is 7.65. The van der Waals surface area contributed by atoms with Crippen molar-refractivity contribution in [2.45, 2.75) is 25.3 Å². The van der Waals surface area contributed by atoms with Gasteiger partial charge in [-0.3, -0.25) is 4.90 Å². The van der Waals surface area contributed by atoms with Gasteiger partial charge in [-0.05, 0) is 67.4 Å². The van der Waals surface area contributed by atoms with Gasteiger partial charge in [0.2, 0.25) is 11.7 Å². The Hall–Kier alpha value is -3.32. The summed E-state index contributed by atoms with van der Waals surface area (Å²) < 4.78 is 20.5. The lowest BCUT2D eigenvalue weighted by molar-refractivity contribution is 0.180. The second-order valence-electron chi connectivity index (χ2n) is 7.65. The highest BCUT2D eigenvalue weighted by atomic mass is 19.1. The van der Waals surface area contributed by atoms with Crippen molar-refractivity contribution in [2.24, 2.45) is 0 Å². The fraction of sp³-hybridized carbons (Fsp3) is 0.261. The first kappa shape index (κ1) is 18.7. The molecule has 4 aromatic rings. The third-order valence-electron chi connectivity index (χ3n) is 5.51. The zero-order valence-electron chi connectivity index (χ0n) is 16.5. The van der Waals surface area contributed by atoms with E-state index in [0.717, 1.165) is 43.7 Å². The number of likely N-dealkylation sites (tertiary alicyclic amines) is 1. The number of hydrogen-bond donors (Lipinski definition) is 0. The van der Waals surface area contributed by atoms with Crippen molar-refractivity contribution < 1.29 is 8.91 Å². The fourth-order valence-electron chi connectivity index (χ4n) is 3.95. The standard InChI is InChI=1S/C23H22FN5O/c24-20-8-6-18(7-9-20)22-26-23(30-27-22)19-3-1-13-28(16-19)15-17-4-10-21(11-5-17)29-14-2-12-25-29/h2,4-12,14,19H,1,3,13,15-16H2. The van der Waals surface area contributed by atoms with Crippen molar-refractivity contribution in [2.75, 3.05) is 13.1 Å². The van der Waals surface area contributed by atoms with Gasteiger partial charge >= 0.3 is 0 Å². The Kier molecular flexibility index (Phi) is 5.11. The number of rotatable bonds is 5. The van der Waals surface area contributed by atoms with E-state index in [1.54, 1.807) is 18.3 Å². The Balaban J connectivity index is 1.24. The summed E-state index contributed by atoms with van der Waals surface area (Å²) in [5.41, 5.74) is 3.08. The van der Waals surface area contributed by atoms with E-state index in [4.69, 9.17) is 4.52 Å². The van der Waals surface area contributed by atoms with Gasteiger partial charge in [0, 0.05) is 31.0 Å². The average molecular weight is 403 g/mol. The molecule has 0 aliphatic carbocycles. The van der Waals surface area contributed by atoms with Crippen LogP contribution in [0.5, 0.6) is 0 Å². The van der Waals surface area contributed by atoms with Crippen molar-refractivity contribution in [1.29, 1.82) is 0 Å². The Labute approximate surface area is 174 Å². The topological polar surface area (TPSA) is 60.0 Å². The monoisotopic (exact) mass is 403 g/mol. The van der Waals surface area contributed by atoms with Gasteiger partial charge < -0.3 is 4.52 Å². The number of nitrogens with zero attached hydrogens (tertiary/aromatic N) is 5. The van der Waals surface area contributed by atoms with E-state index in [2.05, 4.69) is 44.4 Å². The van der Waals surface area contributed by atoms with E-state index in [-0.39, 0.29) is 11.7 Å². The maximum atomic E-state index is 13.1. The Bertz CT molecular complexity index is 1090. The van der Waals surface area contributed by atoms with E-state index in [9.17, 15) is 4.39 Å². The Morgan fingerprint density at radius 3 is 2.67 bits per heavy atom. The third kappa shape index (κ3) is 4.02. The van der Waals surface area contributed by atoms with Crippen LogP contribution in [0.1, 0.15) is 30.2 Å². The molecule has 1 atom stereocenters. The summed E-state index contributed by atoms with van der Waals surface area (Å²) in [4.78, 5) is 7.01. The molecule has 0 spiro atoms. The molecular formula is C23H22FN5O. The molecule has 2 aromatic heterocycles. The number of benzene rings is 2. The number of aromatic nitrogens is 4. The fourth-order valence-corrected chi connectivity index (χ4v) is 3.95. The normalized spacial score (nSPS) is 17.3. The minimum atomic E-state index is -0.275. The molecule has 5 rings (SSSR count). The lowest BCUT2D eigenvalue weighted by Crippen LogP contribution is -2.34. The first-order valence-electron chi connectivity index (χ1n) is 10.2. The summed E-state index contributed by atoms with van der Waals surface area (Å²) in [5.74, 6) is 1.11. The van der Waals surface area contributed by atoms with Crippen LogP contribution in [-0.2, 0) is 6.54 Å². The van der Waals surface area contributed by atoms with E-state index < -0.39 is 0 Å². The molecule has 152 valence electrons. The SMILES string of the molecule is Fc1ccc(-c2noc(C3CCCN(Cc4ccc(-n5cccn5)cc4)C3)n2)cc1. The van der Waals surface area contributed by atoms with Crippen LogP contribution in [0.4, 0.5) is 4.39 Å². The molecule has 0 radical (unpaired) electrons. The van der Waals surface area contributed by atoms with Crippen molar-refractivity contribution in [3.8, 4) is 17.1 Å². The summed E-state index contributed by atoms with van der Waals surface area (Å²) in [6.07, 6.45) is 5.83. The highest BCUT2D eigenvalue weighted by Gasteiger charge is 2.26. The zero-order chi connectivity index (χ0) is 20.3. The van der Waals surface area contributed by atoms with Gasteiger partial charge in [-0.2, -0.15) is 10.1 Å².